The van der Waals surface area contributed by atoms with Gasteiger partial charge >= 0.3 is 6.18 Å². The molecule has 1 aromatic rings. The molecule has 1 fully saturated rings. The average Bonchev–Trinajstić information content (AvgIpc) is 2.76. The molecule has 1 unspecified atom stereocenters. The number of halogens is 3. The number of rotatable bonds is 2. The Labute approximate surface area is 117 Å². The molecule has 0 bridgehead atoms. The van der Waals surface area contributed by atoms with Crippen LogP contribution in [0.5, 0.6) is 0 Å². The molecule has 0 aromatic carbocycles. The first-order chi connectivity index (χ1) is 9.16. The first kappa shape index (κ1) is 15.4. The van der Waals surface area contributed by atoms with Gasteiger partial charge in [-0.2, -0.15) is 13.2 Å². The standard InChI is InChI=1S/C15H22F3NO/c1-14(2,3)13-7-6-12(20-13)10-19-8-4-5-11(9-19)15(16,17)18/h6-7,11H,4-5,8-10H2,1-3H3. The number of likely N-dealkylation sites (tertiary alicyclic amines) is 1. The van der Waals surface area contributed by atoms with Crippen molar-refractivity contribution in [3.8, 4) is 0 Å². The molecule has 1 aliphatic heterocycles. The Bertz CT molecular complexity index is 445. The van der Waals surface area contributed by atoms with Crippen LogP contribution in [0.15, 0.2) is 16.5 Å². The topological polar surface area (TPSA) is 16.4 Å². The molecule has 1 aromatic heterocycles. The van der Waals surface area contributed by atoms with Crippen LogP contribution < -0.4 is 0 Å². The summed E-state index contributed by atoms with van der Waals surface area (Å²) in [5.41, 5.74) is -0.0747. The van der Waals surface area contributed by atoms with Gasteiger partial charge in [0.05, 0.1) is 12.5 Å². The number of piperidine rings is 1. The molecule has 2 nitrogen and oxygen atoms in total. The Balaban J connectivity index is 1.98. The molecular weight excluding hydrogens is 267 g/mol. The van der Waals surface area contributed by atoms with Gasteiger partial charge < -0.3 is 4.42 Å². The van der Waals surface area contributed by atoms with Crippen molar-refractivity contribution in [3.63, 3.8) is 0 Å². The third kappa shape index (κ3) is 3.78. The second-order valence-electron chi connectivity index (χ2n) is 6.63. The second kappa shape index (κ2) is 5.43. The minimum atomic E-state index is -4.08. The number of nitrogens with zero attached hydrogens (tertiary/aromatic N) is 1. The predicted octanol–water partition coefficient (Wildman–Crippen LogP) is 4.35. The lowest BCUT2D eigenvalue weighted by atomic mass is 9.94. The molecule has 1 saturated heterocycles. The van der Waals surface area contributed by atoms with Gasteiger partial charge in [-0.25, -0.2) is 0 Å². The Kier molecular flexibility index (Phi) is 4.19. The summed E-state index contributed by atoms with van der Waals surface area (Å²) >= 11 is 0. The van der Waals surface area contributed by atoms with E-state index in [1.165, 1.54) is 0 Å². The molecule has 114 valence electrons. The largest absolute Gasteiger partial charge is 0.464 e. The zero-order valence-corrected chi connectivity index (χ0v) is 12.3. The first-order valence-electron chi connectivity index (χ1n) is 7.04. The second-order valence-corrected chi connectivity index (χ2v) is 6.63. The maximum Gasteiger partial charge on any atom is 0.393 e. The number of hydrogen-bond acceptors (Lipinski definition) is 2. The van der Waals surface area contributed by atoms with Crippen molar-refractivity contribution in [3.05, 3.63) is 23.7 Å². The van der Waals surface area contributed by atoms with Gasteiger partial charge in [0, 0.05) is 12.0 Å². The summed E-state index contributed by atoms with van der Waals surface area (Å²) in [5, 5.41) is 0. The van der Waals surface area contributed by atoms with Crippen LogP contribution in [-0.2, 0) is 12.0 Å². The third-order valence-electron chi connectivity index (χ3n) is 3.75. The third-order valence-corrected chi connectivity index (χ3v) is 3.75. The zero-order chi connectivity index (χ0) is 15.0. The van der Waals surface area contributed by atoms with E-state index in [9.17, 15) is 13.2 Å². The van der Waals surface area contributed by atoms with Gasteiger partial charge in [0.15, 0.2) is 0 Å². The molecule has 0 amide bonds. The Morgan fingerprint density at radius 3 is 2.50 bits per heavy atom. The monoisotopic (exact) mass is 289 g/mol. The van der Waals surface area contributed by atoms with E-state index >= 15 is 0 Å². The fourth-order valence-electron chi connectivity index (χ4n) is 2.55. The highest BCUT2D eigenvalue weighted by atomic mass is 19.4. The van der Waals surface area contributed by atoms with Crippen LogP contribution in [0.3, 0.4) is 0 Å². The highest BCUT2D eigenvalue weighted by Gasteiger charge is 2.41. The fraction of sp³-hybridized carbons (Fsp3) is 0.733. The van der Waals surface area contributed by atoms with E-state index in [0.717, 1.165) is 11.5 Å². The molecular formula is C15H22F3NO. The van der Waals surface area contributed by atoms with Crippen LogP contribution >= 0.6 is 0 Å². The van der Waals surface area contributed by atoms with Crippen LogP contribution in [-0.4, -0.2) is 24.2 Å². The van der Waals surface area contributed by atoms with E-state index in [0.29, 0.717) is 19.5 Å². The normalized spacial score (nSPS) is 22.2. The van der Waals surface area contributed by atoms with Crippen LogP contribution in [0.25, 0.3) is 0 Å². The van der Waals surface area contributed by atoms with Gasteiger partial charge in [-0.15, -0.1) is 0 Å². The number of alkyl halides is 3. The first-order valence-corrected chi connectivity index (χ1v) is 7.04. The molecule has 0 spiro atoms. The Morgan fingerprint density at radius 2 is 1.95 bits per heavy atom. The zero-order valence-electron chi connectivity index (χ0n) is 12.3. The Hall–Kier alpha value is -0.970. The van der Waals surface area contributed by atoms with Crippen molar-refractivity contribution in [2.45, 2.75) is 51.7 Å². The molecule has 1 aliphatic rings. The summed E-state index contributed by atoms with van der Waals surface area (Å²) in [6.07, 6.45) is -3.25. The van der Waals surface area contributed by atoms with E-state index < -0.39 is 12.1 Å². The van der Waals surface area contributed by atoms with Crippen molar-refractivity contribution >= 4 is 0 Å². The van der Waals surface area contributed by atoms with Crippen LogP contribution in [0.1, 0.15) is 45.1 Å². The maximum absolute atomic E-state index is 12.8. The molecule has 2 heterocycles. The van der Waals surface area contributed by atoms with Gasteiger partial charge in [-0.1, -0.05) is 20.8 Å². The smallest absolute Gasteiger partial charge is 0.393 e. The number of hydrogen-bond donors (Lipinski definition) is 0. The SMILES string of the molecule is CC(C)(C)c1ccc(CN2CCCC(C(F)(F)F)C2)o1. The molecule has 1 atom stereocenters. The van der Waals surface area contributed by atoms with Crippen LogP contribution in [0.4, 0.5) is 13.2 Å². The molecule has 20 heavy (non-hydrogen) atoms. The number of furan rings is 1. The van der Waals surface area contributed by atoms with Gasteiger partial charge in [-0.05, 0) is 31.5 Å². The lowest BCUT2D eigenvalue weighted by Gasteiger charge is -2.33. The van der Waals surface area contributed by atoms with Crippen molar-refractivity contribution in [2.24, 2.45) is 5.92 Å². The van der Waals surface area contributed by atoms with E-state index in [1.54, 1.807) is 0 Å². The minimum absolute atomic E-state index is 0.0747. The van der Waals surface area contributed by atoms with Crippen molar-refractivity contribution in [1.29, 1.82) is 0 Å². The van der Waals surface area contributed by atoms with Gasteiger partial charge in [0.1, 0.15) is 11.5 Å². The van der Waals surface area contributed by atoms with E-state index in [-0.39, 0.29) is 18.4 Å². The van der Waals surface area contributed by atoms with Crippen LogP contribution in [0.2, 0.25) is 0 Å². The predicted molar refractivity (Wildman–Crippen MR) is 71.5 cm³/mol. The summed E-state index contributed by atoms with van der Waals surface area (Å²) in [7, 11) is 0. The van der Waals surface area contributed by atoms with Gasteiger partial charge in [-0.3, -0.25) is 4.90 Å². The lowest BCUT2D eigenvalue weighted by Crippen LogP contribution is -2.41. The summed E-state index contributed by atoms with van der Waals surface area (Å²) < 4.78 is 44.0. The molecule has 5 heteroatoms. The van der Waals surface area contributed by atoms with Gasteiger partial charge in [0.2, 0.25) is 0 Å². The van der Waals surface area contributed by atoms with Crippen molar-refractivity contribution in [2.75, 3.05) is 13.1 Å². The Morgan fingerprint density at radius 1 is 1.25 bits per heavy atom. The molecule has 2 rings (SSSR count). The minimum Gasteiger partial charge on any atom is -0.464 e. The molecule has 0 saturated carbocycles. The van der Waals surface area contributed by atoms with Crippen molar-refractivity contribution in [1.82, 2.24) is 4.90 Å². The lowest BCUT2D eigenvalue weighted by molar-refractivity contribution is -0.187. The summed E-state index contributed by atoms with van der Waals surface area (Å²) in [4.78, 5) is 1.84. The van der Waals surface area contributed by atoms with Crippen LogP contribution in [0, 0.1) is 5.92 Å². The summed E-state index contributed by atoms with van der Waals surface area (Å²) in [6.45, 7) is 7.40. The maximum atomic E-state index is 12.8. The van der Waals surface area contributed by atoms with Crippen molar-refractivity contribution < 1.29 is 17.6 Å². The van der Waals surface area contributed by atoms with E-state index in [2.05, 4.69) is 20.8 Å². The van der Waals surface area contributed by atoms with Gasteiger partial charge in [0.25, 0.3) is 0 Å². The molecule has 0 aliphatic carbocycles. The molecule has 0 radical (unpaired) electrons. The highest BCUT2D eigenvalue weighted by Crippen LogP contribution is 2.34. The molecule has 0 N–H and O–H groups in total. The quantitative estimate of drug-likeness (QED) is 0.804. The highest BCUT2D eigenvalue weighted by molar-refractivity contribution is 5.14. The average molecular weight is 289 g/mol. The van der Waals surface area contributed by atoms with E-state index in [4.69, 9.17) is 4.42 Å². The summed E-state index contributed by atoms with van der Waals surface area (Å²) in [6, 6.07) is 3.79. The summed E-state index contributed by atoms with van der Waals surface area (Å²) in [5.74, 6) is 0.419. The van der Waals surface area contributed by atoms with E-state index in [1.807, 2.05) is 17.0 Å². The fourth-order valence-corrected chi connectivity index (χ4v) is 2.55.